The number of nitrogens with two attached hydrogens (primary N) is 1. The molecule has 0 bridgehead atoms. The third-order valence-electron chi connectivity index (χ3n) is 2.64. The van der Waals surface area contributed by atoms with Crippen molar-refractivity contribution in [3.63, 3.8) is 0 Å². The molecule has 0 aliphatic carbocycles. The van der Waals surface area contributed by atoms with Gasteiger partial charge < -0.3 is 5.73 Å². The highest BCUT2D eigenvalue weighted by molar-refractivity contribution is 6.31. The van der Waals surface area contributed by atoms with Crippen LogP contribution in [-0.2, 0) is 13.0 Å². The number of alkyl halides is 2. The number of halogens is 3. The molecule has 0 atom stereocenters. The fourth-order valence-electron chi connectivity index (χ4n) is 1.80. The highest BCUT2D eigenvalue weighted by Gasteiger charge is 2.31. The van der Waals surface area contributed by atoms with E-state index < -0.39 is 5.92 Å². The molecular formula is C12H12ClF2N3. The maximum absolute atomic E-state index is 13.6. The lowest BCUT2D eigenvalue weighted by Gasteiger charge is -2.16. The van der Waals surface area contributed by atoms with Crippen molar-refractivity contribution in [2.24, 2.45) is 7.05 Å². The Morgan fingerprint density at radius 2 is 2.06 bits per heavy atom. The monoisotopic (exact) mass is 271 g/mol. The molecule has 1 heterocycles. The van der Waals surface area contributed by atoms with Gasteiger partial charge in [-0.1, -0.05) is 23.7 Å². The van der Waals surface area contributed by atoms with E-state index >= 15 is 0 Å². The van der Waals surface area contributed by atoms with Gasteiger partial charge >= 0.3 is 0 Å². The lowest BCUT2D eigenvalue weighted by molar-refractivity contribution is 0.0182. The molecule has 0 fully saturated rings. The number of nitrogens with zero attached hydrogens (tertiary/aromatic N) is 2. The second-order valence-electron chi connectivity index (χ2n) is 4.13. The Morgan fingerprint density at radius 3 is 2.56 bits per heavy atom. The van der Waals surface area contributed by atoms with Crippen molar-refractivity contribution in [2.75, 3.05) is 5.73 Å². The predicted molar refractivity (Wildman–Crippen MR) is 67.6 cm³/mol. The number of nitrogen functional groups attached to an aromatic ring is 1. The highest BCUT2D eigenvalue weighted by Crippen LogP contribution is 2.39. The highest BCUT2D eigenvalue weighted by atomic mass is 35.5. The molecule has 2 rings (SSSR count). The SMILES string of the molecule is Cn1nc(-c2cccc(Cl)c2C(C)(F)F)cc1N. The molecule has 0 radical (unpaired) electrons. The molecule has 0 aliphatic heterocycles. The summed E-state index contributed by atoms with van der Waals surface area (Å²) < 4.78 is 28.7. The lowest BCUT2D eigenvalue weighted by Crippen LogP contribution is -2.10. The third kappa shape index (κ3) is 2.18. The van der Waals surface area contributed by atoms with Gasteiger partial charge in [-0.05, 0) is 6.07 Å². The molecule has 0 unspecified atom stereocenters. The van der Waals surface area contributed by atoms with Crippen molar-refractivity contribution in [1.82, 2.24) is 9.78 Å². The number of hydrogen-bond donors (Lipinski definition) is 1. The molecule has 0 amide bonds. The normalized spacial score (nSPS) is 11.8. The summed E-state index contributed by atoms with van der Waals surface area (Å²) in [6, 6.07) is 6.14. The smallest absolute Gasteiger partial charge is 0.272 e. The van der Waals surface area contributed by atoms with Gasteiger partial charge in [0, 0.05) is 31.2 Å². The van der Waals surface area contributed by atoms with Crippen LogP contribution < -0.4 is 5.73 Å². The standard InChI is InChI=1S/C12H12ClF2N3/c1-12(14,15)11-7(4-3-5-8(11)13)9-6-10(16)18(2)17-9/h3-6H,16H2,1-2H3. The van der Waals surface area contributed by atoms with E-state index in [0.717, 1.165) is 6.92 Å². The fourth-order valence-corrected chi connectivity index (χ4v) is 2.14. The van der Waals surface area contributed by atoms with Gasteiger partial charge in [-0.3, -0.25) is 4.68 Å². The van der Waals surface area contributed by atoms with Crippen LogP contribution in [0.4, 0.5) is 14.6 Å². The predicted octanol–water partition coefficient (Wildman–Crippen LogP) is 3.43. The summed E-state index contributed by atoms with van der Waals surface area (Å²) in [5.41, 5.74) is 6.10. The summed E-state index contributed by atoms with van der Waals surface area (Å²) >= 11 is 5.86. The van der Waals surface area contributed by atoms with E-state index in [1.165, 1.54) is 10.7 Å². The molecule has 0 saturated heterocycles. The van der Waals surface area contributed by atoms with E-state index in [1.54, 1.807) is 25.2 Å². The molecule has 3 nitrogen and oxygen atoms in total. The minimum absolute atomic E-state index is 0.0178. The van der Waals surface area contributed by atoms with E-state index in [9.17, 15) is 8.78 Å². The Morgan fingerprint density at radius 1 is 1.39 bits per heavy atom. The van der Waals surface area contributed by atoms with Crippen molar-refractivity contribution in [2.45, 2.75) is 12.8 Å². The minimum Gasteiger partial charge on any atom is -0.384 e. The molecule has 1 aromatic carbocycles. The van der Waals surface area contributed by atoms with Gasteiger partial charge in [0.1, 0.15) is 5.82 Å². The zero-order valence-corrected chi connectivity index (χ0v) is 10.7. The van der Waals surface area contributed by atoms with Gasteiger partial charge in [-0.15, -0.1) is 0 Å². The van der Waals surface area contributed by atoms with E-state index in [1.807, 2.05) is 0 Å². The molecule has 0 saturated carbocycles. The summed E-state index contributed by atoms with van der Waals surface area (Å²) in [6.07, 6.45) is 0. The number of hydrogen-bond acceptors (Lipinski definition) is 2. The quantitative estimate of drug-likeness (QED) is 0.909. The Balaban J connectivity index is 2.68. The zero-order valence-electron chi connectivity index (χ0n) is 9.92. The average Bonchev–Trinajstić information content (AvgIpc) is 2.57. The van der Waals surface area contributed by atoms with Crippen LogP contribution in [0.1, 0.15) is 12.5 Å². The summed E-state index contributed by atoms with van der Waals surface area (Å²) in [6.45, 7) is 0.810. The van der Waals surface area contributed by atoms with Gasteiger partial charge in [-0.2, -0.15) is 5.10 Å². The Bertz CT molecular complexity index is 568. The summed E-state index contributed by atoms with van der Waals surface area (Å²) in [4.78, 5) is 0. The minimum atomic E-state index is -3.04. The van der Waals surface area contributed by atoms with E-state index in [0.29, 0.717) is 17.1 Å². The van der Waals surface area contributed by atoms with Crippen LogP contribution in [0.15, 0.2) is 24.3 Å². The Labute approximate surface area is 108 Å². The molecule has 96 valence electrons. The topological polar surface area (TPSA) is 43.8 Å². The van der Waals surface area contributed by atoms with Crippen molar-refractivity contribution in [3.8, 4) is 11.3 Å². The largest absolute Gasteiger partial charge is 0.384 e. The van der Waals surface area contributed by atoms with Crippen LogP contribution in [0.25, 0.3) is 11.3 Å². The maximum Gasteiger partial charge on any atom is 0.272 e. The molecule has 6 heteroatoms. The van der Waals surface area contributed by atoms with E-state index in [2.05, 4.69) is 5.10 Å². The molecular weight excluding hydrogens is 260 g/mol. The maximum atomic E-state index is 13.6. The number of aromatic nitrogens is 2. The van der Waals surface area contributed by atoms with Crippen LogP contribution in [0.3, 0.4) is 0 Å². The number of benzene rings is 1. The number of anilines is 1. The Kier molecular flexibility index (Phi) is 3.02. The van der Waals surface area contributed by atoms with Crippen LogP contribution in [0.2, 0.25) is 5.02 Å². The van der Waals surface area contributed by atoms with Crippen LogP contribution in [0, 0.1) is 0 Å². The number of rotatable bonds is 2. The van der Waals surface area contributed by atoms with Crippen LogP contribution in [-0.4, -0.2) is 9.78 Å². The van der Waals surface area contributed by atoms with Crippen molar-refractivity contribution < 1.29 is 8.78 Å². The first kappa shape index (κ1) is 12.8. The van der Waals surface area contributed by atoms with Gasteiger partial charge in [0.05, 0.1) is 10.7 Å². The van der Waals surface area contributed by atoms with Crippen LogP contribution >= 0.6 is 11.6 Å². The molecule has 1 aromatic heterocycles. The van der Waals surface area contributed by atoms with Crippen molar-refractivity contribution in [1.29, 1.82) is 0 Å². The van der Waals surface area contributed by atoms with E-state index in [4.69, 9.17) is 17.3 Å². The van der Waals surface area contributed by atoms with E-state index in [-0.39, 0.29) is 10.6 Å². The molecule has 2 aromatic rings. The number of aryl methyl sites for hydroxylation is 1. The van der Waals surface area contributed by atoms with Crippen LogP contribution in [0.5, 0.6) is 0 Å². The first-order valence-corrected chi connectivity index (χ1v) is 5.65. The molecule has 2 N–H and O–H groups in total. The summed E-state index contributed by atoms with van der Waals surface area (Å²) in [5, 5.41) is 4.11. The van der Waals surface area contributed by atoms with Gasteiger partial charge in [0.2, 0.25) is 0 Å². The lowest BCUT2D eigenvalue weighted by atomic mass is 10.00. The van der Waals surface area contributed by atoms with Gasteiger partial charge in [0.25, 0.3) is 5.92 Å². The Hall–Kier alpha value is -1.62. The molecule has 18 heavy (non-hydrogen) atoms. The zero-order chi connectivity index (χ0) is 13.5. The van der Waals surface area contributed by atoms with Crippen molar-refractivity contribution >= 4 is 17.4 Å². The van der Waals surface area contributed by atoms with Gasteiger partial charge in [0.15, 0.2) is 0 Å². The second kappa shape index (κ2) is 4.24. The second-order valence-corrected chi connectivity index (χ2v) is 4.54. The average molecular weight is 272 g/mol. The van der Waals surface area contributed by atoms with Gasteiger partial charge in [-0.25, -0.2) is 8.78 Å². The first-order valence-electron chi connectivity index (χ1n) is 5.27. The summed E-state index contributed by atoms with van der Waals surface area (Å²) in [5.74, 6) is -2.64. The van der Waals surface area contributed by atoms with Crippen molar-refractivity contribution in [3.05, 3.63) is 34.9 Å². The third-order valence-corrected chi connectivity index (χ3v) is 2.96. The first-order chi connectivity index (χ1) is 8.30. The summed E-state index contributed by atoms with van der Waals surface area (Å²) in [7, 11) is 1.65. The molecule has 0 spiro atoms. The fraction of sp³-hybridized carbons (Fsp3) is 0.250. The molecule has 0 aliphatic rings.